The van der Waals surface area contributed by atoms with Crippen LogP contribution in [0, 0.1) is 5.82 Å². The predicted molar refractivity (Wildman–Crippen MR) is 67.5 cm³/mol. The van der Waals surface area contributed by atoms with Gasteiger partial charge in [0.1, 0.15) is 5.82 Å². The maximum Gasteiger partial charge on any atom is 0.242 e. The van der Waals surface area contributed by atoms with Gasteiger partial charge in [0.15, 0.2) is 0 Å². The van der Waals surface area contributed by atoms with Crippen LogP contribution in [-0.2, 0) is 10.0 Å². The van der Waals surface area contributed by atoms with Crippen molar-refractivity contribution in [3.63, 3.8) is 0 Å². The molecule has 102 valence electrons. The lowest BCUT2D eigenvalue weighted by molar-refractivity contribution is 0.0640. The van der Waals surface area contributed by atoms with Gasteiger partial charge in [-0.1, -0.05) is 11.6 Å². The zero-order valence-corrected chi connectivity index (χ0v) is 11.9. The molecule has 0 heterocycles. The third-order valence-electron chi connectivity index (χ3n) is 2.21. The average molecular weight is 296 g/mol. The van der Waals surface area contributed by atoms with Crippen LogP contribution in [0.5, 0.6) is 0 Å². The Bertz CT molecular complexity index is 540. The van der Waals surface area contributed by atoms with Gasteiger partial charge in [0.25, 0.3) is 0 Å². The van der Waals surface area contributed by atoms with Gasteiger partial charge in [-0.05, 0) is 32.0 Å². The molecule has 1 aromatic rings. The summed E-state index contributed by atoms with van der Waals surface area (Å²) in [4.78, 5) is -0.111. The minimum atomic E-state index is -3.79. The molecule has 0 amide bonds. The fraction of sp³-hybridized carbons (Fsp3) is 0.455. The van der Waals surface area contributed by atoms with Crippen molar-refractivity contribution in [2.24, 2.45) is 0 Å². The Morgan fingerprint density at radius 3 is 2.44 bits per heavy atom. The number of nitrogens with zero attached hydrogens (tertiary/aromatic N) is 1. The first-order valence-corrected chi connectivity index (χ1v) is 6.99. The first-order chi connectivity index (χ1) is 8.04. The minimum Gasteiger partial charge on any atom is -0.389 e. The summed E-state index contributed by atoms with van der Waals surface area (Å²) < 4.78 is 38.2. The highest BCUT2D eigenvalue weighted by Gasteiger charge is 2.26. The Morgan fingerprint density at radius 2 is 2.00 bits per heavy atom. The third kappa shape index (κ3) is 3.65. The van der Waals surface area contributed by atoms with Crippen LogP contribution in [0.2, 0.25) is 5.02 Å². The van der Waals surface area contributed by atoms with Crippen molar-refractivity contribution in [3.8, 4) is 0 Å². The monoisotopic (exact) mass is 295 g/mol. The molecule has 0 unspecified atom stereocenters. The van der Waals surface area contributed by atoms with Crippen LogP contribution in [0.1, 0.15) is 13.8 Å². The van der Waals surface area contributed by atoms with Crippen molar-refractivity contribution in [1.82, 2.24) is 4.31 Å². The molecule has 1 N–H and O–H groups in total. The molecule has 0 aliphatic heterocycles. The molecular weight excluding hydrogens is 281 g/mol. The number of aliphatic hydroxyl groups is 1. The number of benzene rings is 1. The molecule has 0 atom stereocenters. The maximum absolute atomic E-state index is 13.0. The van der Waals surface area contributed by atoms with Gasteiger partial charge in [0.05, 0.1) is 15.5 Å². The van der Waals surface area contributed by atoms with Crippen molar-refractivity contribution in [2.75, 3.05) is 13.6 Å². The molecule has 0 aliphatic carbocycles. The van der Waals surface area contributed by atoms with Gasteiger partial charge in [0.2, 0.25) is 10.0 Å². The van der Waals surface area contributed by atoms with Crippen molar-refractivity contribution >= 4 is 21.6 Å². The SMILES string of the molecule is CN(CC(C)(C)O)S(=O)(=O)c1ccc(F)c(Cl)c1. The fourth-order valence-electron chi connectivity index (χ4n) is 1.45. The largest absolute Gasteiger partial charge is 0.389 e. The number of halogens is 2. The van der Waals surface area contributed by atoms with Crippen LogP contribution in [0.4, 0.5) is 4.39 Å². The molecule has 1 rings (SSSR count). The second-order valence-electron chi connectivity index (χ2n) is 4.65. The number of rotatable bonds is 4. The molecule has 0 bridgehead atoms. The first kappa shape index (κ1) is 15.4. The number of likely N-dealkylation sites (N-methyl/N-ethyl adjacent to an activating group) is 1. The summed E-state index contributed by atoms with van der Waals surface area (Å²) in [5.74, 6) is -0.680. The van der Waals surface area contributed by atoms with E-state index in [2.05, 4.69) is 0 Å². The molecule has 7 heteroatoms. The van der Waals surface area contributed by atoms with Gasteiger partial charge < -0.3 is 5.11 Å². The Morgan fingerprint density at radius 1 is 1.44 bits per heavy atom. The molecule has 1 aromatic carbocycles. The van der Waals surface area contributed by atoms with E-state index in [4.69, 9.17) is 11.6 Å². The van der Waals surface area contributed by atoms with Crippen LogP contribution < -0.4 is 0 Å². The Labute approximate surface area is 111 Å². The summed E-state index contributed by atoms with van der Waals surface area (Å²) in [6.45, 7) is 2.91. The molecule has 0 spiro atoms. The lowest BCUT2D eigenvalue weighted by atomic mass is 10.1. The summed E-state index contributed by atoms with van der Waals surface area (Å²) in [5, 5.41) is 9.35. The Hall–Kier alpha value is -0.690. The van der Waals surface area contributed by atoms with Gasteiger partial charge in [-0.25, -0.2) is 12.8 Å². The zero-order chi connectivity index (χ0) is 14.1. The molecular formula is C11H15ClFNO3S. The summed E-state index contributed by atoms with van der Waals surface area (Å²) in [5.41, 5.74) is -1.16. The van der Waals surface area contributed by atoms with E-state index in [-0.39, 0.29) is 16.5 Å². The minimum absolute atomic E-state index is 0.0790. The van der Waals surface area contributed by atoms with Gasteiger partial charge in [-0.2, -0.15) is 4.31 Å². The van der Waals surface area contributed by atoms with Gasteiger partial charge in [0, 0.05) is 13.6 Å². The lowest BCUT2D eigenvalue weighted by Gasteiger charge is -2.25. The summed E-state index contributed by atoms with van der Waals surface area (Å²) in [6.07, 6.45) is 0. The first-order valence-electron chi connectivity index (χ1n) is 5.18. The van der Waals surface area contributed by atoms with Crippen molar-refractivity contribution in [1.29, 1.82) is 0 Å². The zero-order valence-electron chi connectivity index (χ0n) is 10.3. The summed E-state index contributed by atoms with van der Waals surface area (Å²) in [6, 6.07) is 3.18. The second-order valence-corrected chi connectivity index (χ2v) is 7.10. The third-order valence-corrected chi connectivity index (χ3v) is 4.30. The van der Waals surface area contributed by atoms with Gasteiger partial charge in [-0.3, -0.25) is 0 Å². The maximum atomic E-state index is 13.0. The molecule has 0 aromatic heterocycles. The van der Waals surface area contributed by atoms with E-state index in [0.29, 0.717) is 0 Å². The topological polar surface area (TPSA) is 57.6 Å². The fourth-order valence-corrected chi connectivity index (χ4v) is 3.04. The molecule has 4 nitrogen and oxygen atoms in total. The predicted octanol–water partition coefficient (Wildman–Crippen LogP) is 1.87. The molecule has 0 aliphatic rings. The van der Waals surface area contributed by atoms with E-state index in [1.807, 2.05) is 0 Å². The average Bonchev–Trinajstić information content (AvgIpc) is 2.19. The van der Waals surface area contributed by atoms with Gasteiger partial charge in [-0.15, -0.1) is 0 Å². The van der Waals surface area contributed by atoms with Crippen LogP contribution >= 0.6 is 11.6 Å². The molecule has 18 heavy (non-hydrogen) atoms. The number of hydrogen-bond donors (Lipinski definition) is 1. The van der Waals surface area contributed by atoms with E-state index in [1.165, 1.54) is 20.9 Å². The summed E-state index contributed by atoms with van der Waals surface area (Å²) >= 11 is 5.55. The van der Waals surface area contributed by atoms with Crippen LogP contribution in [0.25, 0.3) is 0 Å². The van der Waals surface area contributed by atoms with Gasteiger partial charge >= 0.3 is 0 Å². The quantitative estimate of drug-likeness (QED) is 0.922. The van der Waals surface area contributed by atoms with E-state index in [9.17, 15) is 17.9 Å². The van der Waals surface area contributed by atoms with E-state index < -0.39 is 21.4 Å². The van der Waals surface area contributed by atoms with Crippen molar-refractivity contribution in [3.05, 3.63) is 29.0 Å². The standard InChI is InChI=1S/C11H15ClFNO3S/c1-11(2,15)7-14(3)18(16,17)8-4-5-10(13)9(12)6-8/h4-6,15H,7H2,1-3H3. The van der Waals surface area contributed by atoms with Crippen LogP contribution in [0.3, 0.4) is 0 Å². The van der Waals surface area contributed by atoms with Crippen molar-refractivity contribution < 1.29 is 17.9 Å². The molecule has 0 radical (unpaired) electrons. The van der Waals surface area contributed by atoms with E-state index >= 15 is 0 Å². The Kier molecular flexibility index (Phi) is 4.38. The highest BCUT2D eigenvalue weighted by Crippen LogP contribution is 2.22. The normalized spacial score (nSPS) is 13.1. The van der Waals surface area contributed by atoms with Crippen LogP contribution in [0.15, 0.2) is 23.1 Å². The summed E-state index contributed by atoms with van der Waals surface area (Å²) in [7, 11) is -2.45. The van der Waals surface area contributed by atoms with Crippen molar-refractivity contribution in [2.45, 2.75) is 24.3 Å². The second kappa shape index (κ2) is 5.13. The van der Waals surface area contributed by atoms with E-state index in [1.54, 1.807) is 0 Å². The smallest absolute Gasteiger partial charge is 0.242 e. The van der Waals surface area contributed by atoms with E-state index in [0.717, 1.165) is 22.5 Å². The molecule has 0 saturated heterocycles. The number of sulfonamides is 1. The van der Waals surface area contributed by atoms with Crippen LogP contribution in [-0.4, -0.2) is 37.0 Å². The highest BCUT2D eigenvalue weighted by atomic mass is 35.5. The highest BCUT2D eigenvalue weighted by molar-refractivity contribution is 7.89. The number of hydrogen-bond acceptors (Lipinski definition) is 3. The Balaban J connectivity index is 3.10. The lowest BCUT2D eigenvalue weighted by Crippen LogP contribution is -2.39. The molecule has 0 fully saturated rings. The molecule has 0 saturated carbocycles.